The molecule has 0 N–H and O–H groups in total. The summed E-state index contributed by atoms with van der Waals surface area (Å²) in [5.41, 5.74) is 0. The number of amides is 1. The van der Waals surface area contributed by atoms with E-state index >= 15 is 0 Å². The van der Waals surface area contributed by atoms with E-state index in [1.54, 1.807) is 0 Å². The quantitative estimate of drug-likeness (QED) is 0.735. The molecule has 0 spiro atoms. The molecule has 3 rings (SSSR count). The molecule has 0 aromatic carbocycles. The molecule has 0 aliphatic carbocycles. The van der Waals surface area contributed by atoms with Crippen molar-refractivity contribution in [2.45, 2.75) is 57.9 Å². The number of carbonyl (C=O) groups excluding carboxylic acids is 1. The second-order valence-corrected chi connectivity index (χ2v) is 7.11. The number of carbonyl (C=O) groups is 1. The van der Waals surface area contributed by atoms with Gasteiger partial charge < -0.3 is 9.80 Å². The molecule has 7 heteroatoms. The molecule has 1 unspecified atom stereocenters. The lowest BCUT2D eigenvalue weighted by molar-refractivity contribution is -0.130. The largest absolute Gasteiger partial charge is 0.343 e. The summed E-state index contributed by atoms with van der Waals surface area (Å²) in [6.45, 7) is 4.32. The predicted molar refractivity (Wildman–Crippen MR) is 95.9 cm³/mol. The lowest BCUT2D eigenvalue weighted by Crippen LogP contribution is -2.37. The molecule has 0 bridgehead atoms. The fourth-order valence-electron chi connectivity index (χ4n) is 3.84. The molecule has 3 heterocycles. The van der Waals surface area contributed by atoms with Gasteiger partial charge in [-0.25, -0.2) is 4.68 Å². The first kappa shape index (κ1) is 17.7. The highest BCUT2D eigenvalue weighted by molar-refractivity contribution is 5.76. The van der Waals surface area contributed by atoms with Gasteiger partial charge in [0.15, 0.2) is 0 Å². The van der Waals surface area contributed by atoms with Crippen LogP contribution in [0.4, 0.5) is 5.95 Å². The number of aromatic nitrogens is 4. The number of rotatable bonds is 6. The van der Waals surface area contributed by atoms with Gasteiger partial charge in [0.25, 0.3) is 0 Å². The minimum atomic E-state index is 0.294. The molecule has 2 saturated heterocycles. The molecule has 136 valence electrons. The third-order valence-electron chi connectivity index (χ3n) is 5.19. The Labute approximate surface area is 149 Å². The fraction of sp³-hybridized carbons (Fsp3) is 0.778. The first-order valence-corrected chi connectivity index (χ1v) is 9.50. The summed E-state index contributed by atoms with van der Waals surface area (Å²) in [4.78, 5) is 16.3. The summed E-state index contributed by atoms with van der Waals surface area (Å²) in [5.74, 6) is 4.43. The van der Waals surface area contributed by atoms with Crippen LogP contribution in [0.15, 0.2) is 0 Å². The molecule has 1 aromatic heterocycles. The third-order valence-corrected chi connectivity index (χ3v) is 5.19. The maximum Gasteiger partial charge on any atom is 0.245 e. The van der Waals surface area contributed by atoms with Crippen molar-refractivity contribution < 1.29 is 4.79 Å². The van der Waals surface area contributed by atoms with E-state index in [0.29, 0.717) is 18.2 Å². The Balaban J connectivity index is 1.53. The predicted octanol–water partition coefficient (Wildman–Crippen LogP) is 1.71. The average Bonchev–Trinajstić information content (AvgIpc) is 2.99. The molecule has 1 aromatic rings. The van der Waals surface area contributed by atoms with Crippen LogP contribution in [0, 0.1) is 18.3 Å². The Bertz CT molecular complexity index is 607. The fourth-order valence-corrected chi connectivity index (χ4v) is 3.84. The van der Waals surface area contributed by atoms with Gasteiger partial charge in [-0.1, -0.05) is 11.5 Å². The molecule has 25 heavy (non-hydrogen) atoms. The Hall–Kier alpha value is -2.10. The number of hydrogen-bond donors (Lipinski definition) is 0. The molecule has 2 fully saturated rings. The monoisotopic (exact) mass is 344 g/mol. The Morgan fingerprint density at radius 1 is 1.16 bits per heavy atom. The number of terminal acetylenes is 1. The van der Waals surface area contributed by atoms with Crippen LogP contribution in [0.25, 0.3) is 0 Å². The van der Waals surface area contributed by atoms with Crippen LogP contribution in [0.3, 0.4) is 0 Å². The molecule has 1 amide bonds. The van der Waals surface area contributed by atoms with E-state index in [9.17, 15) is 4.79 Å². The van der Waals surface area contributed by atoms with Gasteiger partial charge in [0.05, 0.1) is 0 Å². The van der Waals surface area contributed by atoms with Gasteiger partial charge in [0.2, 0.25) is 11.9 Å². The highest BCUT2D eigenvalue weighted by Crippen LogP contribution is 2.23. The minimum absolute atomic E-state index is 0.294. The minimum Gasteiger partial charge on any atom is -0.343 e. The summed E-state index contributed by atoms with van der Waals surface area (Å²) in [6, 6.07) is 0. The molecule has 0 saturated carbocycles. The summed E-state index contributed by atoms with van der Waals surface area (Å²) < 4.78 is 1.88. The Morgan fingerprint density at radius 2 is 2.08 bits per heavy atom. The SMILES string of the molecule is C#CCC1CCCN(c2nnnn2CCCN2CCCCCC2=O)C1. The van der Waals surface area contributed by atoms with E-state index < -0.39 is 0 Å². The maximum absolute atomic E-state index is 12.1. The molecular formula is C18H28N6O. The van der Waals surface area contributed by atoms with Crippen LogP contribution in [-0.2, 0) is 11.3 Å². The van der Waals surface area contributed by atoms with Crippen molar-refractivity contribution in [2.24, 2.45) is 5.92 Å². The topological polar surface area (TPSA) is 67.2 Å². The third kappa shape index (κ3) is 4.71. The van der Waals surface area contributed by atoms with Crippen molar-refractivity contribution in [3.63, 3.8) is 0 Å². The summed E-state index contributed by atoms with van der Waals surface area (Å²) in [6.07, 6.45) is 13.5. The molecule has 2 aliphatic heterocycles. The van der Waals surface area contributed by atoms with Gasteiger partial charge in [-0.3, -0.25) is 4.79 Å². The first-order chi connectivity index (χ1) is 12.3. The maximum atomic E-state index is 12.1. The van der Waals surface area contributed by atoms with Crippen LogP contribution >= 0.6 is 0 Å². The Kier molecular flexibility index (Phi) is 6.26. The van der Waals surface area contributed by atoms with Gasteiger partial charge in [-0.2, -0.15) is 0 Å². The van der Waals surface area contributed by atoms with Crippen LogP contribution in [0.5, 0.6) is 0 Å². The Morgan fingerprint density at radius 3 is 2.96 bits per heavy atom. The number of nitrogens with zero attached hydrogens (tertiary/aromatic N) is 6. The highest BCUT2D eigenvalue weighted by Gasteiger charge is 2.23. The first-order valence-electron chi connectivity index (χ1n) is 9.50. The van der Waals surface area contributed by atoms with E-state index in [-0.39, 0.29) is 0 Å². The van der Waals surface area contributed by atoms with Crippen molar-refractivity contribution in [2.75, 3.05) is 31.1 Å². The van der Waals surface area contributed by atoms with Crippen molar-refractivity contribution in [1.82, 2.24) is 25.1 Å². The van der Waals surface area contributed by atoms with E-state index in [4.69, 9.17) is 6.42 Å². The standard InChI is InChI=1S/C18H28N6O/c1-2-8-16-9-6-12-23(15-16)18-19-20-21-24(18)14-7-13-22-11-5-3-4-10-17(22)25/h1,16H,3-15H2. The zero-order chi connectivity index (χ0) is 17.5. The van der Waals surface area contributed by atoms with Crippen molar-refractivity contribution in [3.8, 4) is 12.3 Å². The van der Waals surface area contributed by atoms with Crippen LogP contribution in [-0.4, -0.2) is 57.2 Å². The van der Waals surface area contributed by atoms with Crippen molar-refractivity contribution in [3.05, 3.63) is 0 Å². The normalized spacial score (nSPS) is 21.9. The van der Waals surface area contributed by atoms with Gasteiger partial charge in [0, 0.05) is 45.6 Å². The number of hydrogen-bond acceptors (Lipinski definition) is 5. The van der Waals surface area contributed by atoms with Gasteiger partial charge in [0.1, 0.15) is 0 Å². The van der Waals surface area contributed by atoms with Gasteiger partial charge >= 0.3 is 0 Å². The van der Waals surface area contributed by atoms with E-state index in [1.807, 2.05) is 9.58 Å². The number of tetrazole rings is 1. The van der Waals surface area contributed by atoms with Crippen molar-refractivity contribution in [1.29, 1.82) is 0 Å². The molecule has 1 atom stereocenters. The summed E-state index contributed by atoms with van der Waals surface area (Å²) >= 11 is 0. The van der Waals surface area contributed by atoms with Crippen LogP contribution in [0.2, 0.25) is 0 Å². The number of likely N-dealkylation sites (tertiary alicyclic amines) is 1. The second-order valence-electron chi connectivity index (χ2n) is 7.11. The second kappa shape index (κ2) is 8.84. The average molecular weight is 344 g/mol. The highest BCUT2D eigenvalue weighted by atomic mass is 16.2. The van der Waals surface area contributed by atoms with Crippen LogP contribution < -0.4 is 4.90 Å². The van der Waals surface area contributed by atoms with Gasteiger partial charge in [-0.05, 0) is 48.4 Å². The van der Waals surface area contributed by atoms with E-state index in [1.165, 1.54) is 6.42 Å². The lowest BCUT2D eigenvalue weighted by atomic mass is 9.95. The zero-order valence-corrected chi connectivity index (χ0v) is 14.9. The molecule has 7 nitrogen and oxygen atoms in total. The molecule has 0 radical (unpaired) electrons. The van der Waals surface area contributed by atoms with Crippen LogP contribution in [0.1, 0.15) is 51.4 Å². The lowest BCUT2D eigenvalue weighted by Gasteiger charge is -2.32. The zero-order valence-electron chi connectivity index (χ0n) is 14.9. The number of aryl methyl sites for hydroxylation is 1. The molecular weight excluding hydrogens is 316 g/mol. The van der Waals surface area contributed by atoms with E-state index in [0.717, 1.165) is 77.2 Å². The van der Waals surface area contributed by atoms with Gasteiger partial charge in [-0.15, -0.1) is 12.3 Å². The van der Waals surface area contributed by atoms with E-state index in [2.05, 4.69) is 26.3 Å². The molecule has 2 aliphatic rings. The number of piperidine rings is 1. The summed E-state index contributed by atoms with van der Waals surface area (Å²) in [7, 11) is 0. The number of anilines is 1. The van der Waals surface area contributed by atoms with Crippen molar-refractivity contribution >= 4 is 11.9 Å². The summed E-state index contributed by atoms with van der Waals surface area (Å²) in [5, 5.41) is 12.2. The smallest absolute Gasteiger partial charge is 0.245 e.